The topological polar surface area (TPSA) is 58.4 Å². The monoisotopic (exact) mass is 297 g/mol. The Kier molecular flexibility index (Phi) is 4.96. The van der Waals surface area contributed by atoms with Crippen LogP contribution in [0.2, 0.25) is 0 Å². The predicted molar refractivity (Wildman–Crippen MR) is 90.4 cm³/mol. The Morgan fingerprint density at radius 3 is 2.45 bits per heavy atom. The van der Waals surface area contributed by atoms with Gasteiger partial charge >= 0.3 is 0 Å². The lowest BCUT2D eigenvalue weighted by Crippen LogP contribution is -2.45. The van der Waals surface area contributed by atoms with Gasteiger partial charge in [-0.3, -0.25) is 4.79 Å². The second-order valence-corrected chi connectivity index (χ2v) is 5.96. The van der Waals surface area contributed by atoms with Gasteiger partial charge < -0.3 is 16.0 Å². The lowest BCUT2D eigenvalue weighted by Gasteiger charge is -2.24. The largest absolute Gasteiger partial charge is 0.324 e. The van der Waals surface area contributed by atoms with Crippen molar-refractivity contribution in [3.8, 4) is 0 Å². The van der Waals surface area contributed by atoms with Crippen molar-refractivity contribution in [2.24, 2.45) is 5.73 Å². The molecule has 2 aromatic rings. The molecule has 0 spiro atoms. The van der Waals surface area contributed by atoms with Gasteiger partial charge in [-0.25, -0.2) is 0 Å². The molecule has 2 aromatic carbocycles. The number of nitrogens with two attached hydrogens (primary N) is 1. The van der Waals surface area contributed by atoms with E-state index < -0.39 is 5.54 Å². The third-order valence-corrected chi connectivity index (χ3v) is 3.53. The average molecular weight is 297 g/mol. The maximum absolute atomic E-state index is 12.5. The molecule has 0 heterocycles. The van der Waals surface area contributed by atoms with E-state index in [1.807, 2.05) is 68.7 Å². The van der Waals surface area contributed by atoms with Crippen LogP contribution in [0.25, 0.3) is 0 Å². The zero-order valence-electron chi connectivity index (χ0n) is 13.3. The minimum Gasteiger partial charge on any atom is -0.324 e. The first-order valence-electron chi connectivity index (χ1n) is 7.29. The predicted octanol–water partition coefficient (Wildman–Crippen LogP) is 2.56. The molecule has 4 heteroatoms. The third-order valence-electron chi connectivity index (χ3n) is 3.53. The highest BCUT2D eigenvalue weighted by atomic mass is 16.2. The summed E-state index contributed by atoms with van der Waals surface area (Å²) in [6.45, 7) is 2.55. The number of carbonyl (C=O) groups excluding carboxylic acids is 1. The molecule has 4 nitrogen and oxygen atoms in total. The van der Waals surface area contributed by atoms with Gasteiger partial charge in [-0.2, -0.15) is 0 Å². The molecule has 0 saturated heterocycles. The van der Waals surface area contributed by atoms with Gasteiger partial charge in [0.1, 0.15) is 5.54 Å². The van der Waals surface area contributed by atoms with Crippen molar-refractivity contribution in [1.29, 1.82) is 0 Å². The zero-order chi connectivity index (χ0) is 16.2. The lowest BCUT2D eigenvalue weighted by atomic mass is 9.92. The van der Waals surface area contributed by atoms with E-state index in [-0.39, 0.29) is 5.91 Å². The molecule has 0 aliphatic heterocycles. The molecule has 0 aromatic heterocycles. The first-order valence-corrected chi connectivity index (χ1v) is 7.29. The van der Waals surface area contributed by atoms with Crippen LogP contribution in [0.1, 0.15) is 18.1 Å². The van der Waals surface area contributed by atoms with Crippen LogP contribution in [0.4, 0.5) is 5.69 Å². The molecule has 2 rings (SSSR count). The molecule has 0 aliphatic carbocycles. The van der Waals surface area contributed by atoms with Crippen molar-refractivity contribution in [2.75, 3.05) is 19.4 Å². The molecule has 3 N–H and O–H groups in total. The molecule has 0 fully saturated rings. The van der Waals surface area contributed by atoms with Crippen LogP contribution in [0, 0.1) is 0 Å². The maximum atomic E-state index is 12.5. The number of hydrogen-bond donors (Lipinski definition) is 2. The quantitative estimate of drug-likeness (QED) is 0.891. The number of carbonyl (C=O) groups is 1. The van der Waals surface area contributed by atoms with E-state index in [1.165, 1.54) is 0 Å². The number of nitrogens with one attached hydrogen (secondary N) is 1. The van der Waals surface area contributed by atoms with E-state index >= 15 is 0 Å². The summed E-state index contributed by atoms with van der Waals surface area (Å²) in [5.74, 6) is -0.222. The summed E-state index contributed by atoms with van der Waals surface area (Å²) in [6, 6.07) is 17.2. The number of nitrogens with zero attached hydrogens (tertiary/aromatic N) is 1. The Morgan fingerprint density at radius 2 is 1.82 bits per heavy atom. The summed E-state index contributed by atoms with van der Waals surface area (Å²) in [4.78, 5) is 14.6. The second kappa shape index (κ2) is 6.73. The van der Waals surface area contributed by atoms with E-state index in [2.05, 4.69) is 10.2 Å². The second-order valence-electron chi connectivity index (χ2n) is 5.96. The van der Waals surface area contributed by atoms with Gasteiger partial charge in [0.2, 0.25) is 5.91 Å². The Balaban J connectivity index is 2.15. The van der Waals surface area contributed by atoms with E-state index in [0.29, 0.717) is 0 Å². The molecular formula is C18H23N3O. The highest BCUT2D eigenvalue weighted by molar-refractivity contribution is 5.98. The SMILES string of the molecule is CN(C)Cc1cccc(NC(=O)C(C)(N)c2ccccc2)c1. The number of hydrogen-bond acceptors (Lipinski definition) is 3. The number of benzene rings is 2. The summed E-state index contributed by atoms with van der Waals surface area (Å²) in [5, 5.41) is 2.91. The Hall–Kier alpha value is -2.17. The van der Waals surface area contributed by atoms with Crippen LogP contribution < -0.4 is 11.1 Å². The highest BCUT2D eigenvalue weighted by Gasteiger charge is 2.30. The molecule has 116 valence electrons. The van der Waals surface area contributed by atoms with Crippen LogP contribution in [0.15, 0.2) is 54.6 Å². The first-order chi connectivity index (χ1) is 10.4. The maximum Gasteiger partial charge on any atom is 0.248 e. The minimum atomic E-state index is -1.07. The van der Waals surface area contributed by atoms with Crippen LogP contribution in [-0.4, -0.2) is 24.9 Å². The molecule has 22 heavy (non-hydrogen) atoms. The lowest BCUT2D eigenvalue weighted by molar-refractivity contribution is -0.120. The van der Waals surface area contributed by atoms with Gasteiger partial charge in [0.25, 0.3) is 0 Å². The van der Waals surface area contributed by atoms with E-state index in [4.69, 9.17) is 5.73 Å². The zero-order valence-corrected chi connectivity index (χ0v) is 13.3. The van der Waals surface area contributed by atoms with Gasteiger partial charge in [0.05, 0.1) is 0 Å². The number of rotatable bonds is 5. The van der Waals surface area contributed by atoms with Crippen molar-refractivity contribution in [1.82, 2.24) is 4.90 Å². The van der Waals surface area contributed by atoms with Crippen molar-refractivity contribution in [3.05, 3.63) is 65.7 Å². The molecule has 0 radical (unpaired) electrons. The van der Waals surface area contributed by atoms with Crippen molar-refractivity contribution < 1.29 is 4.79 Å². The number of amides is 1. The number of anilines is 1. The highest BCUT2D eigenvalue weighted by Crippen LogP contribution is 2.20. The van der Waals surface area contributed by atoms with Gasteiger partial charge in [-0.1, -0.05) is 42.5 Å². The molecule has 1 atom stereocenters. The van der Waals surface area contributed by atoms with Crippen molar-refractivity contribution in [3.63, 3.8) is 0 Å². The minimum absolute atomic E-state index is 0.222. The normalized spacial score (nSPS) is 13.7. The van der Waals surface area contributed by atoms with Crippen LogP contribution in [0.5, 0.6) is 0 Å². The van der Waals surface area contributed by atoms with E-state index in [0.717, 1.165) is 23.4 Å². The summed E-state index contributed by atoms with van der Waals surface area (Å²) >= 11 is 0. The summed E-state index contributed by atoms with van der Waals surface area (Å²) < 4.78 is 0. The summed E-state index contributed by atoms with van der Waals surface area (Å²) in [6.07, 6.45) is 0. The van der Waals surface area contributed by atoms with Crippen LogP contribution >= 0.6 is 0 Å². The molecule has 0 saturated carbocycles. The fourth-order valence-corrected chi connectivity index (χ4v) is 2.29. The fourth-order valence-electron chi connectivity index (χ4n) is 2.29. The van der Waals surface area contributed by atoms with Gasteiger partial charge in [0.15, 0.2) is 0 Å². The Bertz CT molecular complexity index is 636. The molecule has 0 bridgehead atoms. The molecule has 1 amide bonds. The van der Waals surface area contributed by atoms with Crippen LogP contribution in [0.3, 0.4) is 0 Å². The molecule has 0 aliphatic rings. The standard InChI is InChI=1S/C18H23N3O/c1-18(19,15-9-5-4-6-10-15)17(22)20-16-11-7-8-14(12-16)13-21(2)3/h4-12H,13,19H2,1-3H3,(H,20,22). The third kappa shape index (κ3) is 3.93. The van der Waals surface area contributed by atoms with Gasteiger partial charge in [-0.15, -0.1) is 0 Å². The first kappa shape index (κ1) is 16.2. The van der Waals surface area contributed by atoms with Crippen molar-refractivity contribution >= 4 is 11.6 Å². The van der Waals surface area contributed by atoms with Gasteiger partial charge in [0, 0.05) is 12.2 Å². The molecule has 1 unspecified atom stereocenters. The summed E-state index contributed by atoms with van der Waals surface area (Å²) in [7, 11) is 4.02. The fraction of sp³-hybridized carbons (Fsp3) is 0.278. The summed E-state index contributed by atoms with van der Waals surface area (Å²) in [5.41, 5.74) is 7.85. The van der Waals surface area contributed by atoms with Gasteiger partial charge in [-0.05, 0) is 44.3 Å². The Labute approximate surface area is 131 Å². The molecular weight excluding hydrogens is 274 g/mol. The van der Waals surface area contributed by atoms with E-state index in [1.54, 1.807) is 6.92 Å². The Morgan fingerprint density at radius 1 is 1.14 bits per heavy atom. The van der Waals surface area contributed by atoms with Crippen molar-refractivity contribution in [2.45, 2.75) is 19.0 Å². The van der Waals surface area contributed by atoms with Crippen LogP contribution in [-0.2, 0) is 16.9 Å². The average Bonchev–Trinajstić information content (AvgIpc) is 2.47. The van der Waals surface area contributed by atoms with E-state index in [9.17, 15) is 4.79 Å². The smallest absolute Gasteiger partial charge is 0.248 e.